The molecule has 1 heterocycles. The molecule has 0 spiro atoms. The molecular weight excluding hydrogens is 246 g/mol. The molecule has 0 saturated carbocycles. The van der Waals surface area contributed by atoms with Gasteiger partial charge in [0.15, 0.2) is 0 Å². The van der Waals surface area contributed by atoms with Crippen LogP contribution in [0.25, 0.3) is 0 Å². The minimum Gasteiger partial charge on any atom is -0.370 e. The average molecular weight is 269 g/mol. The Bertz CT molecular complexity index is 551. The van der Waals surface area contributed by atoms with Crippen LogP contribution in [0, 0.1) is 6.92 Å². The van der Waals surface area contributed by atoms with Crippen LogP contribution in [-0.4, -0.2) is 23.5 Å². The third-order valence-corrected chi connectivity index (χ3v) is 3.17. The molecule has 1 N–H and O–H groups in total. The molecule has 1 aromatic carbocycles. The van der Waals surface area contributed by atoms with Crippen molar-refractivity contribution in [3.05, 3.63) is 59.3 Å². The van der Waals surface area contributed by atoms with E-state index in [2.05, 4.69) is 72.5 Å². The molecule has 106 valence electrons. The molecule has 2 aromatic rings. The summed E-state index contributed by atoms with van der Waals surface area (Å²) < 4.78 is 0. The second-order valence-corrected chi connectivity index (χ2v) is 5.24. The number of aryl methyl sites for hydroxylation is 1. The van der Waals surface area contributed by atoms with Crippen LogP contribution < -0.4 is 5.32 Å². The van der Waals surface area contributed by atoms with E-state index in [4.69, 9.17) is 0 Å². The highest BCUT2D eigenvalue weighted by Gasteiger charge is 2.03. The van der Waals surface area contributed by atoms with Crippen LogP contribution in [0.3, 0.4) is 0 Å². The Morgan fingerprint density at radius 3 is 2.55 bits per heavy atom. The molecular formula is C17H23N3. The maximum atomic E-state index is 4.30. The Kier molecular flexibility index (Phi) is 5.13. The van der Waals surface area contributed by atoms with Gasteiger partial charge in [-0.25, -0.2) is 4.98 Å². The lowest BCUT2D eigenvalue weighted by molar-refractivity contribution is 0.319. The number of hydrogen-bond acceptors (Lipinski definition) is 3. The van der Waals surface area contributed by atoms with Crippen LogP contribution in [0.5, 0.6) is 0 Å². The molecule has 0 fully saturated rings. The number of rotatable bonds is 6. The van der Waals surface area contributed by atoms with E-state index in [0.29, 0.717) is 0 Å². The molecule has 0 amide bonds. The predicted octanol–water partition coefficient (Wildman–Crippen LogP) is 3.45. The Hall–Kier alpha value is -1.87. The maximum Gasteiger partial charge on any atom is 0.126 e. The zero-order valence-corrected chi connectivity index (χ0v) is 12.6. The highest BCUT2D eigenvalue weighted by atomic mass is 15.1. The third-order valence-electron chi connectivity index (χ3n) is 3.17. The molecule has 0 atom stereocenters. The average Bonchev–Trinajstić information content (AvgIpc) is 2.39. The van der Waals surface area contributed by atoms with Crippen LogP contribution in [-0.2, 0) is 13.1 Å². The summed E-state index contributed by atoms with van der Waals surface area (Å²) in [6.45, 7) is 7.00. The lowest BCUT2D eigenvalue weighted by Gasteiger charge is -2.17. The first-order chi connectivity index (χ1) is 9.67. The lowest BCUT2D eigenvalue weighted by Crippen LogP contribution is -2.17. The quantitative estimate of drug-likeness (QED) is 0.870. The summed E-state index contributed by atoms with van der Waals surface area (Å²) in [5.74, 6) is 0.953. The molecule has 1 aromatic heterocycles. The molecule has 0 aliphatic rings. The molecule has 2 rings (SSSR count). The van der Waals surface area contributed by atoms with Gasteiger partial charge in [0.05, 0.1) is 0 Å². The topological polar surface area (TPSA) is 28.2 Å². The number of hydrogen-bond donors (Lipinski definition) is 1. The molecule has 0 bridgehead atoms. The van der Waals surface area contributed by atoms with Gasteiger partial charge in [-0.1, -0.05) is 29.8 Å². The number of nitrogens with zero attached hydrogens (tertiary/aromatic N) is 2. The Balaban J connectivity index is 1.97. The minimum absolute atomic E-state index is 0.898. The van der Waals surface area contributed by atoms with Gasteiger partial charge in [-0.2, -0.15) is 0 Å². The van der Waals surface area contributed by atoms with E-state index in [-0.39, 0.29) is 0 Å². The summed E-state index contributed by atoms with van der Waals surface area (Å²) in [5, 5.41) is 3.25. The molecule has 0 saturated heterocycles. The Morgan fingerprint density at radius 2 is 1.85 bits per heavy atom. The zero-order chi connectivity index (χ0) is 14.4. The SMILES string of the molecule is CCNc1cc(CN(C)Cc2cccc(C)c2)ccn1. The van der Waals surface area contributed by atoms with Gasteiger partial charge in [-0.15, -0.1) is 0 Å². The summed E-state index contributed by atoms with van der Waals surface area (Å²) in [6, 6.07) is 12.9. The fourth-order valence-corrected chi connectivity index (χ4v) is 2.34. The van der Waals surface area contributed by atoms with Crippen molar-refractivity contribution < 1.29 is 0 Å². The molecule has 0 aliphatic carbocycles. The van der Waals surface area contributed by atoms with E-state index in [1.165, 1.54) is 16.7 Å². The Morgan fingerprint density at radius 1 is 1.10 bits per heavy atom. The summed E-state index contributed by atoms with van der Waals surface area (Å²) >= 11 is 0. The van der Waals surface area contributed by atoms with Crippen molar-refractivity contribution in [1.82, 2.24) is 9.88 Å². The van der Waals surface area contributed by atoms with Gasteiger partial charge in [0, 0.05) is 25.8 Å². The van der Waals surface area contributed by atoms with E-state index < -0.39 is 0 Å². The second kappa shape index (κ2) is 7.06. The van der Waals surface area contributed by atoms with Gasteiger partial charge in [0.1, 0.15) is 5.82 Å². The van der Waals surface area contributed by atoms with Crippen LogP contribution in [0.2, 0.25) is 0 Å². The number of benzene rings is 1. The van der Waals surface area contributed by atoms with Gasteiger partial charge in [0.2, 0.25) is 0 Å². The largest absolute Gasteiger partial charge is 0.370 e. The van der Waals surface area contributed by atoms with E-state index in [1.54, 1.807) is 0 Å². The monoisotopic (exact) mass is 269 g/mol. The summed E-state index contributed by atoms with van der Waals surface area (Å²) in [4.78, 5) is 6.62. The first kappa shape index (κ1) is 14.5. The molecule has 0 radical (unpaired) electrons. The fourth-order valence-electron chi connectivity index (χ4n) is 2.34. The van der Waals surface area contributed by atoms with Crippen LogP contribution in [0.1, 0.15) is 23.6 Å². The Labute approximate surface area is 121 Å². The van der Waals surface area contributed by atoms with Crippen molar-refractivity contribution in [2.75, 3.05) is 18.9 Å². The minimum atomic E-state index is 0.898. The predicted molar refractivity (Wildman–Crippen MR) is 84.8 cm³/mol. The van der Waals surface area contributed by atoms with Crippen LogP contribution in [0.15, 0.2) is 42.6 Å². The number of anilines is 1. The molecule has 3 nitrogen and oxygen atoms in total. The number of pyridine rings is 1. The molecule has 3 heteroatoms. The van der Waals surface area contributed by atoms with Gasteiger partial charge in [0.25, 0.3) is 0 Å². The maximum absolute atomic E-state index is 4.30. The van der Waals surface area contributed by atoms with Gasteiger partial charge in [-0.3, -0.25) is 4.90 Å². The summed E-state index contributed by atoms with van der Waals surface area (Å²) in [5.41, 5.74) is 3.95. The van der Waals surface area contributed by atoms with E-state index in [0.717, 1.165) is 25.5 Å². The normalized spacial score (nSPS) is 10.8. The first-order valence-electron chi connectivity index (χ1n) is 7.10. The highest BCUT2D eigenvalue weighted by Crippen LogP contribution is 2.12. The summed E-state index contributed by atoms with van der Waals surface area (Å²) in [7, 11) is 2.15. The fraction of sp³-hybridized carbons (Fsp3) is 0.353. The van der Waals surface area contributed by atoms with Crippen molar-refractivity contribution in [2.45, 2.75) is 26.9 Å². The highest BCUT2D eigenvalue weighted by molar-refractivity contribution is 5.37. The smallest absolute Gasteiger partial charge is 0.126 e. The first-order valence-corrected chi connectivity index (χ1v) is 7.10. The van der Waals surface area contributed by atoms with Gasteiger partial charge in [-0.05, 0) is 44.2 Å². The standard InChI is InChI=1S/C17H23N3/c1-4-18-17-11-16(8-9-19-17)13-20(3)12-15-7-5-6-14(2)10-15/h5-11H,4,12-13H2,1-3H3,(H,18,19). The van der Waals surface area contributed by atoms with Crippen molar-refractivity contribution in [1.29, 1.82) is 0 Å². The van der Waals surface area contributed by atoms with Crippen LogP contribution in [0.4, 0.5) is 5.82 Å². The van der Waals surface area contributed by atoms with Crippen molar-refractivity contribution >= 4 is 5.82 Å². The molecule has 0 aliphatic heterocycles. The number of nitrogens with one attached hydrogen (secondary N) is 1. The van der Waals surface area contributed by atoms with Crippen molar-refractivity contribution in [3.63, 3.8) is 0 Å². The van der Waals surface area contributed by atoms with Crippen LogP contribution >= 0.6 is 0 Å². The van der Waals surface area contributed by atoms with E-state index >= 15 is 0 Å². The van der Waals surface area contributed by atoms with Gasteiger partial charge >= 0.3 is 0 Å². The zero-order valence-electron chi connectivity index (χ0n) is 12.6. The molecule has 0 unspecified atom stereocenters. The second-order valence-electron chi connectivity index (χ2n) is 5.24. The third kappa shape index (κ3) is 4.35. The van der Waals surface area contributed by atoms with Crippen molar-refractivity contribution in [3.8, 4) is 0 Å². The van der Waals surface area contributed by atoms with Crippen molar-refractivity contribution in [2.24, 2.45) is 0 Å². The van der Waals surface area contributed by atoms with E-state index in [9.17, 15) is 0 Å². The molecule has 20 heavy (non-hydrogen) atoms. The summed E-state index contributed by atoms with van der Waals surface area (Å²) in [6.07, 6.45) is 1.87. The van der Waals surface area contributed by atoms with Gasteiger partial charge < -0.3 is 5.32 Å². The number of aromatic nitrogens is 1. The lowest BCUT2D eigenvalue weighted by atomic mass is 10.1. The van der Waals surface area contributed by atoms with E-state index in [1.807, 2.05) is 6.20 Å².